The van der Waals surface area contributed by atoms with Crippen LogP contribution in [-0.4, -0.2) is 23.3 Å². The lowest BCUT2D eigenvalue weighted by molar-refractivity contribution is -0.141. The summed E-state index contributed by atoms with van der Waals surface area (Å²) in [5.74, 6) is 1.60. The first-order chi connectivity index (χ1) is 12.2. The van der Waals surface area contributed by atoms with Crippen LogP contribution in [-0.2, 0) is 9.59 Å². The van der Waals surface area contributed by atoms with Crippen molar-refractivity contribution in [2.75, 3.05) is 6.61 Å². The highest BCUT2D eigenvalue weighted by Crippen LogP contribution is 2.69. The van der Waals surface area contributed by atoms with E-state index < -0.39 is 5.41 Å². The summed E-state index contributed by atoms with van der Waals surface area (Å²) in [4.78, 5) is 24.7. The summed E-state index contributed by atoms with van der Waals surface area (Å²) in [5.41, 5.74) is 2.38. The molecule has 0 amide bonds. The highest BCUT2D eigenvalue weighted by molar-refractivity contribution is 5.92. The number of fused-ring (bicyclic) bond motifs is 5. The van der Waals surface area contributed by atoms with Gasteiger partial charge < -0.3 is 5.11 Å². The lowest BCUT2D eigenvalue weighted by Crippen LogP contribution is -2.51. The van der Waals surface area contributed by atoms with Gasteiger partial charge in [0, 0.05) is 17.3 Å². The van der Waals surface area contributed by atoms with Crippen LogP contribution >= 0.6 is 0 Å². The van der Waals surface area contributed by atoms with Gasteiger partial charge >= 0.3 is 0 Å². The second-order valence-corrected chi connectivity index (χ2v) is 9.92. The molecule has 4 rings (SSSR count). The van der Waals surface area contributed by atoms with Crippen molar-refractivity contribution in [3.8, 4) is 0 Å². The molecule has 2 unspecified atom stereocenters. The molecule has 6 atom stereocenters. The molecule has 1 N–H and O–H groups in total. The Morgan fingerprint density at radius 1 is 1.27 bits per heavy atom. The van der Waals surface area contributed by atoms with Gasteiger partial charge in [0.1, 0.15) is 6.61 Å². The van der Waals surface area contributed by atoms with Crippen molar-refractivity contribution >= 4 is 11.6 Å². The maximum absolute atomic E-state index is 12.8. The number of rotatable bonds is 2. The van der Waals surface area contributed by atoms with Crippen LogP contribution in [0.5, 0.6) is 0 Å². The summed E-state index contributed by atoms with van der Waals surface area (Å²) in [6.07, 6.45) is 10.0. The van der Waals surface area contributed by atoms with Gasteiger partial charge in [-0.25, -0.2) is 0 Å². The Balaban J connectivity index is 1.78. The van der Waals surface area contributed by atoms with Crippen LogP contribution in [0, 0.1) is 34.0 Å². The number of hydrogen-bond donors (Lipinski definition) is 1. The molecule has 2 saturated carbocycles. The average Bonchev–Trinajstić information content (AvgIpc) is 2.83. The number of allylic oxidation sites excluding steroid dienone is 4. The average molecular weight is 357 g/mol. The molecule has 0 spiro atoms. The fraction of sp³-hybridized carbons (Fsp3) is 0.739. The fourth-order valence-corrected chi connectivity index (χ4v) is 7.18. The van der Waals surface area contributed by atoms with Crippen molar-refractivity contribution in [2.24, 2.45) is 34.0 Å². The molecule has 3 heteroatoms. The highest BCUT2D eigenvalue weighted by Gasteiger charge is 2.65. The minimum Gasteiger partial charge on any atom is -0.389 e. The van der Waals surface area contributed by atoms with E-state index in [-0.39, 0.29) is 29.0 Å². The Kier molecular flexibility index (Phi) is 3.94. The standard InChI is InChI=1S/C23H32O3/c1-14-11-19-17-6-5-15-12-16(25)7-9-21(15,2)18(17)8-10-22(19,3)23(14,4)20(26)13-24/h8,12,14,17,19,24H,5-7,9-11,13H2,1-4H3/t14-,17?,19?,21-,22-,23+/m0/s1. The number of ketones is 2. The van der Waals surface area contributed by atoms with Gasteiger partial charge in [-0.3, -0.25) is 9.59 Å². The Bertz CT molecular complexity index is 732. The zero-order valence-corrected chi connectivity index (χ0v) is 16.6. The molecule has 26 heavy (non-hydrogen) atoms. The Morgan fingerprint density at radius 3 is 2.69 bits per heavy atom. The topological polar surface area (TPSA) is 54.4 Å². The van der Waals surface area contributed by atoms with Crippen molar-refractivity contribution in [2.45, 2.75) is 66.2 Å². The molecule has 4 aliphatic carbocycles. The molecule has 0 bridgehead atoms. The first-order valence-corrected chi connectivity index (χ1v) is 10.3. The molecule has 3 nitrogen and oxygen atoms in total. The quantitative estimate of drug-likeness (QED) is 0.753. The van der Waals surface area contributed by atoms with Gasteiger partial charge in [-0.1, -0.05) is 44.9 Å². The van der Waals surface area contributed by atoms with Crippen LogP contribution in [0.3, 0.4) is 0 Å². The normalized spacial score (nSPS) is 47.4. The van der Waals surface area contributed by atoms with E-state index in [0.29, 0.717) is 24.2 Å². The summed E-state index contributed by atoms with van der Waals surface area (Å²) in [6.45, 7) is 8.58. The van der Waals surface area contributed by atoms with Gasteiger partial charge in [0.25, 0.3) is 0 Å². The van der Waals surface area contributed by atoms with Crippen LogP contribution in [0.4, 0.5) is 0 Å². The summed E-state index contributed by atoms with van der Waals surface area (Å²) < 4.78 is 0. The second-order valence-electron chi connectivity index (χ2n) is 9.92. The molecular weight excluding hydrogens is 324 g/mol. The first kappa shape index (κ1) is 18.2. The van der Waals surface area contributed by atoms with Crippen molar-refractivity contribution < 1.29 is 14.7 Å². The lowest BCUT2D eigenvalue weighted by Gasteiger charge is -2.55. The molecule has 0 radical (unpaired) electrons. The van der Waals surface area contributed by atoms with E-state index in [9.17, 15) is 14.7 Å². The summed E-state index contributed by atoms with van der Waals surface area (Å²) in [5, 5.41) is 9.63. The number of Topliss-reactive ketones (excluding diaryl/α,β-unsaturated/α-hetero) is 1. The molecule has 0 aromatic carbocycles. The zero-order chi connectivity index (χ0) is 18.9. The van der Waals surface area contributed by atoms with Gasteiger partial charge in [0.2, 0.25) is 0 Å². The molecular formula is C23H32O3. The second kappa shape index (κ2) is 5.64. The van der Waals surface area contributed by atoms with Crippen molar-refractivity contribution in [3.05, 3.63) is 23.3 Å². The third kappa shape index (κ3) is 2.04. The molecule has 0 aliphatic heterocycles. The Labute approximate surface area is 156 Å². The van der Waals surface area contributed by atoms with Crippen LogP contribution in [0.15, 0.2) is 23.3 Å². The van der Waals surface area contributed by atoms with E-state index in [0.717, 1.165) is 32.1 Å². The van der Waals surface area contributed by atoms with Gasteiger partial charge in [-0.15, -0.1) is 0 Å². The van der Waals surface area contributed by atoms with Gasteiger partial charge in [0.15, 0.2) is 11.6 Å². The zero-order valence-electron chi connectivity index (χ0n) is 16.6. The van der Waals surface area contributed by atoms with Gasteiger partial charge in [-0.05, 0) is 61.3 Å². The van der Waals surface area contributed by atoms with E-state index in [1.165, 1.54) is 11.1 Å². The van der Waals surface area contributed by atoms with E-state index in [2.05, 4.69) is 33.8 Å². The number of aliphatic hydroxyl groups is 1. The predicted molar refractivity (Wildman–Crippen MR) is 101 cm³/mol. The van der Waals surface area contributed by atoms with E-state index >= 15 is 0 Å². The number of aliphatic hydroxyl groups excluding tert-OH is 1. The Hall–Kier alpha value is -1.22. The monoisotopic (exact) mass is 356 g/mol. The number of carbonyl (C=O) groups excluding carboxylic acids is 2. The van der Waals surface area contributed by atoms with Crippen LogP contribution < -0.4 is 0 Å². The van der Waals surface area contributed by atoms with Crippen molar-refractivity contribution in [1.82, 2.24) is 0 Å². The molecule has 4 aliphatic rings. The SMILES string of the molecule is C[C@H]1CC2C3CCC4=CC(=O)CC[C@]4(C)C3=CC[C@]2(C)[C@@]1(C)C(=O)CO. The van der Waals surface area contributed by atoms with Crippen LogP contribution in [0.1, 0.15) is 66.2 Å². The maximum atomic E-state index is 12.8. The predicted octanol–water partition coefficient (Wildman–Crippen LogP) is 4.25. The molecule has 0 heterocycles. The third-order valence-electron chi connectivity index (χ3n) is 9.23. The lowest BCUT2D eigenvalue weighted by atomic mass is 9.48. The number of hydrogen-bond acceptors (Lipinski definition) is 3. The summed E-state index contributed by atoms with van der Waals surface area (Å²) in [6, 6.07) is 0. The molecule has 0 saturated heterocycles. The van der Waals surface area contributed by atoms with Crippen molar-refractivity contribution in [1.29, 1.82) is 0 Å². The van der Waals surface area contributed by atoms with Gasteiger partial charge in [-0.2, -0.15) is 0 Å². The van der Waals surface area contributed by atoms with E-state index in [4.69, 9.17) is 0 Å². The molecule has 0 aromatic rings. The van der Waals surface area contributed by atoms with Gasteiger partial charge in [0.05, 0.1) is 0 Å². The first-order valence-electron chi connectivity index (χ1n) is 10.3. The fourth-order valence-electron chi connectivity index (χ4n) is 7.18. The summed E-state index contributed by atoms with van der Waals surface area (Å²) in [7, 11) is 0. The van der Waals surface area contributed by atoms with Crippen LogP contribution in [0.25, 0.3) is 0 Å². The summed E-state index contributed by atoms with van der Waals surface area (Å²) >= 11 is 0. The number of carbonyl (C=O) groups is 2. The molecule has 142 valence electrons. The largest absolute Gasteiger partial charge is 0.389 e. The highest BCUT2D eigenvalue weighted by atomic mass is 16.3. The third-order valence-corrected chi connectivity index (χ3v) is 9.23. The molecule has 2 fully saturated rings. The van der Waals surface area contributed by atoms with E-state index in [1.54, 1.807) is 0 Å². The minimum atomic E-state index is -0.450. The smallest absolute Gasteiger partial charge is 0.164 e. The minimum absolute atomic E-state index is 0.0118. The maximum Gasteiger partial charge on any atom is 0.164 e. The van der Waals surface area contributed by atoms with E-state index in [1.807, 2.05) is 6.08 Å². The van der Waals surface area contributed by atoms with Crippen molar-refractivity contribution in [3.63, 3.8) is 0 Å². The Morgan fingerprint density at radius 2 is 2.00 bits per heavy atom. The molecule has 0 aromatic heterocycles. The van der Waals surface area contributed by atoms with Crippen LogP contribution in [0.2, 0.25) is 0 Å².